The molecule has 1 aromatic carbocycles. The lowest BCUT2D eigenvalue weighted by Crippen LogP contribution is -2.33. The summed E-state index contributed by atoms with van der Waals surface area (Å²) in [7, 11) is 0. The summed E-state index contributed by atoms with van der Waals surface area (Å²) in [4.78, 5) is 0. The second kappa shape index (κ2) is 5.09. The van der Waals surface area contributed by atoms with Crippen LogP contribution in [-0.2, 0) is 12.8 Å². The number of rotatable bonds is 3. The van der Waals surface area contributed by atoms with Gasteiger partial charge in [-0.2, -0.15) is 0 Å². The zero-order valence-corrected chi connectivity index (χ0v) is 10.4. The lowest BCUT2D eigenvalue weighted by Gasteiger charge is -2.22. The minimum Gasteiger partial charge on any atom is -0.493 e. The molecule has 0 aromatic heterocycles. The van der Waals surface area contributed by atoms with Crippen molar-refractivity contribution in [2.75, 3.05) is 19.7 Å². The van der Waals surface area contributed by atoms with Crippen molar-refractivity contribution in [3.8, 4) is 5.75 Å². The average molecular weight is 231 g/mol. The Morgan fingerprint density at radius 2 is 2.12 bits per heavy atom. The summed E-state index contributed by atoms with van der Waals surface area (Å²) in [5.41, 5.74) is 3.03. The van der Waals surface area contributed by atoms with E-state index in [0.29, 0.717) is 5.92 Å². The first-order valence-corrected chi connectivity index (χ1v) is 6.87. The van der Waals surface area contributed by atoms with E-state index >= 15 is 0 Å². The van der Waals surface area contributed by atoms with Crippen LogP contribution in [0.4, 0.5) is 0 Å². The highest BCUT2D eigenvalue weighted by Gasteiger charge is 2.15. The van der Waals surface area contributed by atoms with Crippen molar-refractivity contribution in [1.82, 2.24) is 5.32 Å². The molecular weight excluding hydrogens is 210 g/mol. The fraction of sp³-hybridized carbons (Fsp3) is 0.600. The van der Waals surface area contributed by atoms with Gasteiger partial charge in [-0.25, -0.2) is 0 Å². The molecule has 0 radical (unpaired) electrons. The first-order valence-electron chi connectivity index (χ1n) is 6.87. The maximum atomic E-state index is 5.93. The molecule has 0 bridgehead atoms. The fourth-order valence-corrected chi connectivity index (χ4v) is 2.92. The number of hydrogen-bond acceptors (Lipinski definition) is 2. The highest BCUT2D eigenvalue weighted by Crippen LogP contribution is 2.26. The first kappa shape index (κ1) is 11.1. The Bertz CT molecular complexity index is 383. The van der Waals surface area contributed by atoms with Gasteiger partial charge in [-0.05, 0) is 61.9 Å². The van der Waals surface area contributed by atoms with Crippen molar-refractivity contribution < 1.29 is 4.74 Å². The molecule has 0 amide bonds. The molecule has 2 aliphatic rings. The molecule has 1 saturated heterocycles. The van der Waals surface area contributed by atoms with Crippen LogP contribution in [0.25, 0.3) is 0 Å². The van der Waals surface area contributed by atoms with Crippen LogP contribution >= 0.6 is 0 Å². The van der Waals surface area contributed by atoms with Crippen molar-refractivity contribution >= 4 is 0 Å². The Morgan fingerprint density at radius 3 is 3.00 bits per heavy atom. The molecule has 3 rings (SSSR count). The van der Waals surface area contributed by atoms with Crippen molar-refractivity contribution in [2.24, 2.45) is 5.92 Å². The lowest BCUT2D eigenvalue weighted by molar-refractivity contribution is 0.218. The molecule has 17 heavy (non-hydrogen) atoms. The van der Waals surface area contributed by atoms with Crippen molar-refractivity contribution in [1.29, 1.82) is 0 Å². The molecule has 1 fully saturated rings. The van der Waals surface area contributed by atoms with Crippen molar-refractivity contribution in [3.05, 3.63) is 29.3 Å². The molecule has 1 atom stereocenters. The second-order valence-electron chi connectivity index (χ2n) is 5.31. The van der Waals surface area contributed by atoms with E-state index < -0.39 is 0 Å². The third-order valence-corrected chi connectivity index (χ3v) is 3.95. The quantitative estimate of drug-likeness (QED) is 0.863. The normalized spacial score (nSPS) is 23.4. The molecule has 2 nitrogen and oxygen atoms in total. The standard InChI is InChI=1S/C15H21NO/c1-4-13-6-7-15(9-14(13)5-1)17-11-12-3-2-8-16-10-12/h6-7,9,12,16H,1-5,8,10-11H2. The molecule has 2 heteroatoms. The minimum atomic E-state index is 0.692. The number of benzene rings is 1. The van der Waals surface area contributed by atoms with Gasteiger partial charge in [0.1, 0.15) is 5.75 Å². The smallest absolute Gasteiger partial charge is 0.119 e. The van der Waals surface area contributed by atoms with Crippen LogP contribution < -0.4 is 10.1 Å². The monoisotopic (exact) mass is 231 g/mol. The van der Waals surface area contributed by atoms with E-state index in [9.17, 15) is 0 Å². The zero-order valence-electron chi connectivity index (χ0n) is 10.4. The second-order valence-corrected chi connectivity index (χ2v) is 5.31. The predicted molar refractivity (Wildman–Crippen MR) is 69.6 cm³/mol. The number of aryl methyl sites for hydroxylation is 2. The average Bonchev–Trinajstić information content (AvgIpc) is 2.85. The van der Waals surface area contributed by atoms with Crippen LogP contribution in [0.5, 0.6) is 5.75 Å². The summed E-state index contributed by atoms with van der Waals surface area (Å²) in [5, 5.41) is 3.43. The molecular formula is C15H21NO. The van der Waals surface area contributed by atoms with Gasteiger partial charge in [0.25, 0.3) is 0 Å². The van der Waals surface area contributed by atoms with Gasteiger partial charge in [0.05, 0.1) is 6.61 Å². The molecule has 1 aliphatic carbocycles. The van der Waals surface area contributed by atoms with E-state index in [-0.39, 0.29) is 0 Å². The van der Waals surface area contributed by atoms with Crippen molar-refractivity contribution in [2.45, 2.75) is 32.1 Å². The molecule has 1 N–H and O–H groups in total. The van der Waals surface area contributed by atoms with Gasteiger partial charge in [0.2, 0.25) is 0 Å². The Kier molecular flexibility index (Phi) is 3.32. The Morgan fingerprint density at radius 1 is 1.18 bits per heavy atom. The summed E-state index contributed by atoms with van der Waals surface area (Å²) < 4.78 is 5.93. The Balaban J connectivity index is 1.57. The summed E-state index contributed by atoms with van der Waals surface area (Å²) in [6, 6.07) is 6.63. The molecule has 1 aliphatic heterocycles. The van der Waals surface area contributed by atoms with Crippen LogP contribution in [-0.4, -0.2) is 19.7 Å². The van der Waals surface area contributed by atoms with Gasteiger partial charge in [-0.3, -0.25) is 0 Å². The van der Waals surface area contributed by atoms with E-state index in [1.807, 2.05) is 0 Å². The topological polar surface area (TPSA) is 21.3 Å². The van der Waals surface area contributed by atoms with Crippen LogP contribution in [0, 0.1) is 5.92 Å². The third kappa shape index (κ3) is 2.63. The highest BCUT2D eigenvalue weighted by atomic mass is 16.5. The van der Waals surface area contributed by atoms with Crippen molar-refractivity contribution in [3.63, 3.8) is 0 Å². The van der Waals surface area contributed by atoms with Gasteiger partial charge in [-0.15, -0.1) is 0 Å². The van der Waals surface area contributed by atoms with Gasteiger partial charge in [0, 0.05) is 12.5 Å². The van der Waals surface area contributed by atoms with Gasteiger partial charge in [0.15, 0.2) is 0 Å². The van der Waals surface area contributed by atoms with E-state index in [1.54, 1.807) is 0 Å². The molecule has 1 heterocycles. The molecule has 0 spiro atoms. The van der Waals surface area contributed by atoms with E-state index in [2.05, 4.69) is 23.5 Å². The van der Waals surface area contributed by atoms with Crippen LogP contribution in [0.15, 0.2) is 18.2 Å². The Hall–Kier alpha value is -1.02. The van der Waals surface area contributed by atoms with E-state index in [1.165, 1.54) is 49.8 Å². The van der Waals surface area contributed by atoms with Crippen LogP contribution in [0.1, 0.15) is 30.4 Å². The highest BCUT2D eigenvalue weighted by molar-refractivity contribution is 5.38. The summed E-state index contributed by atoms with van der Waals surface area (Å²) >= 11 is 0. The number of fused-ring (bicyclic) bond motifs is 1. The lowest BCUT2D eigenvalue weighted by atomic mass is 10.0. The van der Waals surface area contributed by atoms with E-state index in [0.717, 1.165) is 18.9 Å². The summed E-state index contributed by atoms with van der Waals surface area (Å²) in [6.07, 6.45) is 6.39. The fourth-order valence-electron chi connectivity index (χ4n) is 2.92. The third-order valence-electron chi connectivity index (χ3n) is 3.95. The summed E-state index contributed by atoms with van der Waals surface area (Å²) in [5.74, 6) is 1.76. The largest absolute Gasteiger partial charge is 0.493 e. The first-order chi connectivity index (χ1) is 8.42. The van der Waals surface area contributed by atoms with Gasteiger partial charge < -0.3 is 10.1 Å². The zero-order chi connectivity index (χ0) is 11.5. The van der Waals surface area contributed by atoms with Gasteiger partial charge >= 0.3 is 0 Å². The maximum Gasteiger partial charge on any atom is 0.119 e. The molecule has 1 aromatic rings. The predicted octanol–water partition coefficient (Wildman–Crippen LogP) is 2.55. The molecule has 1 unspecified atom stereocenters. The summed E-state index contributed by atoms with van der Waals surface area (Å²) in [6.45, 7) is 3.16. The molecule has 0 saturated carbocycles. The minimum absolute atomic E-state index is 0.692. The van der Waals surface area contributed by atoms with E-state index in [4.69, 9.17) is 4.74 Å². The number of hydrogen-bond donors (Lipinski definition) is 1. The SMILES string of the molecule is c1cc2c(cc1OCC1CCCNC1)CCC2. The molecule has 92 valence electrons. The maximum absolute atomic E-state index is 5.93. The van der Waals surface area contributed by atoms with Crippen LogP contribution in [0.2, 0.25) is 0 Å². The number of nitrogens with one attached hydrogen (secondary N) is 1. The Labute approximate surface area is 103 Å². The number of piperidine rings is 1. The number of ether oxygens (including phenoxy) is 1. The van der Waals surface area contributed by atoms with Gasteiger partial charge in [-0.1, -0.05) is 6.07 Å². The van der Waals surface area contributed by atoms with Crippen LogP contribution in [0.3, 0.4) is 0 Å².